The number of imidazole rings is 1. The van der Waals surface area contributed by atoms with Crippen molar-refractivity contribution < 1.29 is 14.3 Å². The lowest BCUT2D eigenvalue weighted by Crippen LogP contribution is -2.19. The normalized spacial score (nSPS) is 10.9. The number of rotatable bonds is 8. The smallest absolute Gasteiger partial charge is 0.326 e. The third-order valence-electron chi connectivity index (χ3n) is 2.15. The summed E-state index contributed by atoms with van der Waals surface area (Å²) < 4.78 is 11.7. The van der Waals surface area contributed by atoms with Crippen LogP contribution in [0.25, 0.3) is 0 Å². The van der Waals surface area contributed by atoms with E-state index in [-0.39, 0.29) is 18.6 Å². The van der Waals surface area contributed by atoms with E-state index in [1.54, 1.807) is 18.0 Å². The maximum absolute atomic E-state index is 11.4. The van der Waals surface area contributed by atoms with E-state index >= 15 is 0 Å². The molecule has 0 unspecified atom stereocenters. The van der Waals surface area contributed by atoms with Crippen molar-refractivity contribution in [1.29, 1.82) is 0 Å². The minimum absolute atomic E-state index is 0.0868. The number of hydrogen-bond acceptors (Lipinski definition) is 5. The molecule has 0 saturated heterocycles. The van der Waals surface area contributed by atoms with Crippen LogP contribution in [0.1, 0.15) is 19.5 Å². The van der Waals surface area contributed by atoms with E-state index in [0.29, 0.717) is 13.2 Å². The molecule has 0 bridgehead atoms. The number of hydrogen-bond donors (Lipinski definition) is 1. The number of esters is 1. The van der Waals surface area contributed by atoms with Crippen LogP contribution in [0.2, 0.25) is 0 Å². The van der Waals surface area contributed by atoms with E-state index in [1.807, 2.05) is 20.0 Å². The highest BCUT2D eigenvalue weighted by Gasteiger charge is 2.07. The molecule has 0 radical (unpaired) electrons. The van der Waals surface area contributed by atoms with Gasteiger partial charge in [-0.05, 0) is 13.8 Å². The largest absolute Gasteiger partial charge is 0.462 e. The summed E-state index contributed by atoms with van der Waals surface area (Å²) in [5.41, 5.74) is 0.892. The zero-order valence-electron chi connectivity index (χ0n) is 11.2. The van der Waals surface area contributed by atoms with E-state index in [4.69, 9.17) is 9.47 Å². The molecule has 0 aliphatic carbocycles. The average Bonchev–Trinajstić information content (AvgIpc) is 2.71. The van der Waals surface area contributed by atoms with Gasteiger partial charge in [-0.2, -0.15) is 0 Å². The second-order valence-corrected chi connectivity index (χ2v) is 4.25. The van der Waals surface area contributed by atoms with E-state index in [0.717, 1.165) is 12.2 Å². The monoisotopic (exact) mass is 255 g/mol. The molecule has 0 fully saturated rings. The quantitative estimate of drug-likeness (QED) is 0.543. The zero-order chi connectivity index (χ0) is 13.4. The van der Waals surface area contributed by atoms with Gasteiger partial charge in [-0.1, -0.05) is 0 Å². The molecule has 102 valence electrons. The molecular formula is C12H21N3O3. The lowest BCUT2D eigenvalue weighted by molar-refractivity contribution is -0.148. The summed E-state index contributed by atoms with van der Waals surface area (Å²) in [4.78, 5) is 15.6. The summed E-state index contributed by atoms with van der Waals surface area (Å²) >= 11 is 0. The lowest BCUT2D eigenvalue weighted by Gasteiger charge is -2.07. The van der Waals surface area contributed by atoms with E-state index < -0.39 is 0 Å². The summed E-state index contributed by atoms with van der Waals surface area (Å²) in [5, 5.41) is 3.18. The second kappa shape index (κ2) is 7.84. The van der Waals surface area contributed by atoms with Gasteiger partial charge in [0, 0.05) is 26.4 Å². The average molecular weight is 255 g/mol. The maximum atomic E-state index is 11.4. The SMILES string of the molecule is COCCNCc1cn(CC(=O)OC(C)C)cn1. The molecule has 0 aromatic carbocycles. The van der Waals surface area contributed by atoms with Crippen molar-refractivity contribution in [1.82, 2.24) is 14.9 Å². The molecule has 0 saturated carbocycles. The van der Waals surface area contributed by atoms with Crippen LogP contribution in [-0.4, -0.2) is 41.9 Å². The predicted molar refractivity (Wildman–Crippen MR) is 67.0 cm³/mol. The number of methoxy groups -OCH3 is 1. The van der Waals surface area contributed by atoms with Gasteiger partial charge in [-0.15, -0.1) is 0 Å². The van der Waals surface area contributed by atoms with Gasteiger partial charge in [0.2, 0.25) is 0 Å². The number of nitrogens with zero attached hydrogens (tertiary/aromatic N) is 2. The Hall–Kier alpha value is -1.40. The molecular weight excluding hydrogens is 234 g/mol. The fraction of sp³-hybridized carbons (Fsp3) is 0.667. The first-order valence-electron chi connectivity index (χ1n) is 6.01. The lowest BCUT2D eigenvalue weighted by atomic mass is 10.4. The van der Waals surface area contributed by atoms with Crippen LogP contribution in [0.15, 0.2) is 12.5 Å². The summed E-state index contributed by atoms with van der Waals surface area (Å²) in [7, 11) is 1.66. The van der Waals surface area contributed by atoms with Gasteiger partial charge < -0.3 is 19.4 Å². The Balaban J connectivity index is 2.31. The summed E-state index contributed by atoms with van der Waals surface area (Å²) in [5.74, 6) is -0.249. The number of carbonyl (C=O) groups excluding carboxylic acids is 1. The Kier molecular flexibility index (Phi) is 6.38. The molecule has 6 nitrogen and oxygen atoms in total. The highest BCUT2D eigenvalue weighted by molar-refractivity contribution is 5.69. The van der Waals surface area contributed by atoms with Crippen LogP contribution in [0.5, 0.6) is 0 Å². The van der Waals surface area contributed by atoms with Crippen molar-refractivity contribution in [2.75, 3.05) is 20.3 Å². The van der Waals surface area contributed by atoms with Crippen molar-refractivity contribution in [2.45, 2.75) is 33.0 Å². The minimum Gasteiger partial charge on any atom is -0.462 e. The molecule has 0 atom stereocenters. The first-order valence-corrected chi connectivity index (χ1v) is 6.01. The summed E-state index contributed by atoms with van der Waals surface area (Å²) in [6, 6.07) is 0. The van der Waals surface area contributed by atoms with Gasteiger partial charge in [0.05, 0.1) is 24.7 Å². The van der Waals surface area contributed by atoms with Crippen LogP contribution >= 0.6 is 0 Å². The molecule has 0 spiro atoms. The van der Waals surface area contributed by atoms with Crippen molar-refractivity contribution in [3.63, 3.8) is 0 Å². The van der Waals surface area contributed by atoms with Gasteiger partial charge >= 0.3 is 5.97 Å². The Bertz CT molecular complexity index is 363. The molecule has 1 heterocycles. The predicted octanol–water partition coefficient (Wildman–Crippen LogP) is 0.571. The van der Waals surface area contributed by atoms with Crippen molar-refractivity contribution in [3.05, 3.63) is 18.2 Å². The Morgan fingerprint density at radius 2 is 2.33 bits per heavy atom. The van der Waals surface area contributed by atoms with Crippen LogP contribution in [0, 0.1) is 0 Å². The Morgan fingerprint density at radius 1 is 1.56 bits per heavy atom. The van der Waals surface area contributed by atoms with Crippen molar-refractivity contribution in [2.24, 2.45) is 0 Å². The molecule has 1 aromatic rings. The standard InChI is InChI=1S/C12H21N3O3/c1-10(2)18-12(16)8-15-7-11(14-9-15)6-13-4-5-17-3/h7,9-10,13H,4-6,8H2,1-3H3. The topological polar surface area (TPSA) is 65.4 Å². The van der Waals surface area contributed by atoms with Crippen molar-refractivity contribution in [3.8, 4) is 0 Å². The van der Waals surface area contributed by atoms with Crippen LogP contribution in [-0.2, 0) is 27.4 Å². The highest BCUT2D eigenvalue weighted by Crippen LogP contribution is 1.98. The molecule has 0 amide bonds. The van der Waals surface area contributed by atoms with Gasteiger partial charge in [0.25, 0.3) is 0 Å². The zero-order valence-corrected chi connectivity index (χ0v) is 11.2. The first kappa shape index (κ1) is 14.7. The number of nitrogens with one attached hydrogen (secondary N) is 1. The highest BCUT2D eigenvalue weighted by atomic mass is 16.5. The molecule has 6 heteroatoms. The molecule has 1 N–H and O–H groups in total. The third-order valence-corrected chi connectivity index (χ3v) is 2.15. The Labute approximate surface area is 107 Å². The number of aromatic nitrogens is 2. The van der Waals surface area contributed by atoms with Gasteiger partial charge in [-0.3, -0.25) is 4.79 Å². The molecule has 0 aliphatic rings. The summed E-state index contributed by atoms with van der Waals surface area (Å²) in [6.45, 7) is 5.97. The van der Waals surface area contributed by atoms with Crippen LogP contribution in [0.4, 0.5) is 0 Å². The number of carbonyl (C=O) groups is 1. The fourth-order valence-electron chi connectivity index (χ4n) is 1.42. The van der Waals surface area contributed by atoms with Gasteiger partial charge in [-0.25, -0.2) is 4.98 Å². The third kappa shape index (κ3) is 5.79. The summed E-state index contributed by atoms with van der Waals surface area (Å²) in [6.07, 6.45) is 3.38. The second-order valence-electron chi connectivity index (χ2n) is 4.25. The van der Waals surface area contributed by atoms with Gasteiger partial charge in [0.1, 0.15) is 6.54 Å². The molecule has 1 rings (SSSR count). The fourth-order valence-corrected chi connectivity index (χ4v) is 1.42. The molecule has 0 aliphatic heterocycles. The molecule has 18 heavy (non-hydrogen) atoms. The van der Waals surface area contributed by atoms with E-state index in [9.17, 15) is 4.79 Å². The first-order chi connectivity index (χ1) is 8.61. The van der Waals surface area contributed by atoms with E-state index in [1.165, 1.54) is 0 Å². The van der Waals surface area contributed by atoms with Crippen LogP contribution in [0.3, 0.4) is 0 Å². The number of ether oxygens (including phenoxy) is 2. The maximum Gasteiger partial charge on any atom is 0.326 e. The minimum atomic E-state index is -0.249. The van der Waals surface area contributed by atoms with Crippen molar-refractivity contribution >= 4 is 5.97 Å². The van der Waals surface area contributed by atoms with Gasteiger partial charge in [0.15, 0.2) is 0 Å². The molecule has 1 aromatic heterocycles. The Morgan fingerprint density at radius 3 is 3.00 bits per heavy atom. The van der Waals surface area contributed by atoms with E-state index in [2.05, 4.69) is 10.3 Å². The van der Waals surface area contributed by atoms with Crippen LogP contribution < -0.4 is 5.32 Å².